The first-order valence-electron chi connectivity index (χ1n) is 4.44. The summed E-state index contributed by atoms with van der Waals surface area (Å²) in [6.07, 6.45) is 0.165. The van der Waals surface area contributed by atoms with Gasteiger partial charge in [-0.25, -0.2) is 5.06 Å². The number of ether oxygens (including phenoxy) is 2. The van der Waals surface area contributed by atoms with Gasteiger partial charge < -0.3 is 9.47 Å². The number of amides is 1. The normalized spacial score (nSPS) is 13.0. The Morgan fingerprint density at radius 1 is 1.29 bits per heavy atom. The Bertz CT molecular complexity index is 170. The molecule has 0 aliphatic carbocycles. The predicted molar refractivity (Wildman–Crippen MR) is 51.4 cm³/mol. The quantitative estimate of drug-likeness (QED) is 0.472. The van der Waals surface area contributed by atoms with Crippen LogP contribution in [0.2, 0.25) is 0 Å². The highest BCUT2D eigenvalue weighted by Crippen LogP contribution is 2.11. The molecule has 14 heavy (non-hydrogen) atoms. The minimum absolute atomic E-state index is 0.0911. The Morgan fingerprint density at radius 2 is 1.79 bits per heavy atom. The zero-order chi connectivity index (χ0) is 11.1. The largest absolute Gasteiger partial charge is 0.356 e. The van der Waals surface area contributed by atoms with Gasteiger partial charge in [-0.15, -0.1) is 0 Å². The Hall–Kier alpha value is -0.650. The molecule has 0 fully saturated rings. The van der Waals surface area contributed by atoms with Crippen molar-refractivity contribution in [1.29, 1.82) is 0 Å². The smallest absolute Gasteiger partial charge is 0.248 e. The van der Waals surface area contributed by atoms with E-state index in [1.54, 1.807) is 21.3 Å². The molecule has 1 atom stereocenters. The molecule has 0 spiro atoms. The van der Waals surface area contributed by atoms with Crippen molar-refractivity contribution in [2.75, 3.05) is 28.4 Å². The van der Waals surface area contributed by atoms with E-state index in [1.807, 2.05) is 6.92 Å². The lowest BCUT2D eigenvalue weighted by Crippen LogP contribution is -2.33. The third-order valence-electron chi connectivity index (χ3n) is 2.08. The fourth-order valence-electron chi connectivity index (χ4n) is 1.08. The molecule has 0 aromatic rings. The summed E-state index contributed by atoms with van der Waals surface area (Å²) in [6.45, 7) is 1.81. The van der Waals surface area contributed by atoms with E-state index in [1.165, 1.54) is 12.2 Å². The van der Waals surface area contributed by atoms with E-state index in [-0.39, 0.29) is 18.1 Å². The number of hydrogen-bond acceptors (Lipinski definition) is 4. The second kappa shape index (κ2) is 6.75. The van der Waals surface area contributed by atoms with Crippen LogP contribution in [0.25, 0.3) is 0 Å². The van der Waals surface area contributed by atoms with E-state index in [4.69, 9.17) is 14.3 Å². The summed E-state index contributed by atoms with van der Waals surface area (Å²) in [5.41, 5.74) is 0. The van der Waals surface area contributed by atoms with E-state index < -0.39 is 0 Å². The Labute approximate surface area is 84.9 Å². The van der Waals surface area contributed by atoms with Crippen LogP contribution in [0.15, 0.2) is 0 Å². The number of methoxy groups -OCH3 is 2. The van der Waals surface area contributed by atoms with Gasteiger partial charge in [0.25, 0.3) is 0 Å². The van der Waals surface area contributed by atoms with E-state index in [9.17, 15) is 4.79 Å². The fourth-order valence-corrected chi connectivity index (χ4v) is 1.08. The Balaban J connectivity index is 4.05. The predicted octanol–water partition coefficient (Wildman–Crippen LogP) is 0.651. The molecule has 0 aliphatic rings. The summed E-state index contributed by atoms with van der Waals surface area (Å²) in [4.78, 5) is 16.3. The van der Waals surface area contributed by atoms with Crippen molar-refractivity contribution in [2.45, 2.75) is 19.6 Å². The molecule has 5 heteroatoms. The second-order valence-corrected chi connectivity index (χ2v) is 3.06. The van der Waals surface area contributed by atoms with Crippen LogP contribution in [-0.4, -0.2) is 45.6 Å². The van der Waals surface area contributed by atoms with Gasteiger partial charge in [-0.2, -0.15) is 0 Å². The third-order valence-corrected chi connectivity index (χ3v) is 2.08. The summed E-state index contributed by atoms with van der Waals surface area (Å²) >= 11 is 0. The van der Waals surface area contributed by atoms with Crippen LogP contribution in [0.3, 0.4) is 0 Å². The van der Waals surface area contributed by atoms with Crippen LogP contribution in [0.1, 0.15) is 13.3 Å². The van der Waals surface area contributed by atoms with Gasteiger partial charge in [0, 0.05) is 33.6 Å². The number of nitrogens with zero attached hydrogens (tertiary/aromatic N) is 1. The molecular formula is C9H19NO4. The number of hydroxylamine groups is 2. The van der Waals surface area contributed by atoms with Crippen LogP contribution in [0.5, 0.6) is 0 Å². The molecule has 1 unspecified atom stereocenters. The van der Waals surface area contributed by atoms with Gasteiger partial charge in [0.2, 0.25) is 5.91 Å². The second-order valence-electron chi connectivity index (χ2n) is 3.06. The Morgan fingerprint density at radius 3 is 2.14 bits per heavy atom. The van der Waals surface area contributed by atoms with E-state index in [0.29, 0.717) is 6.42 Å². The summed E-state index contributed by atoms with van der Waals surface area (Å²) in [5.74, 6) is -0.281. The first-order valence-corrected chi connectivity index (χ1v) is 4.44. The van der Waals surface area contributed by atoms with E-state index >= 15 is 0 Å². The standard InChI is InChI=1S/C9H19NO4/c1-7(6-8(12-3)13-4)9(11)10(2)14-5/h7-8H,6H2,1-5H3. The summed E-state index contributed by atoms with van der Waals surface area (Å²) < 4.78 is 10.00. The average molecular weight is 205 g/mol. The van der Waals surface area contributed by atoms with Gasteiger partial charge in [-0.05, 0) is 0 Å². The summed E-state index contributed by atoms with van der Waals surface area (Å²) in [6, 6.07) is 0. The molecule has 0 saturated carbocycles. The molecule has 0 heterocycles. The van der Waals surface area contributed by atoms with Crippen LogP contribution < -0.4 is 0 Å². The van der Waals surface area contributed by atoms with Crippen molar-refractivity contribution in [3.63, 3.8) is 0 Å². The lowest BCUT2D eigenvalue weighted by Gasteiger charge is -2.21. The van der Waals surface area contributed by atoms with Crippen LogP contribution in [-0.2, 0) is 19.1 Å². The molecule has 0 aliphatic heterocycles. The highest BCUT2D eigenvalue weighted by molar-refractivity contribution is 5.77. The molecule has 0 N–H and O–H groups in total. The molecular weight excluding hydrogens is 186 g/mol. The minimum atomic E-state index is -0.348. The van der Waals surface area contributed by atoms with Gasteiger partial charge in [0.15, 0.2) is 6.29 Å². The Kier molecular flexibility index (Phi) is 6.44. The average Bonchev–Trinajstić information content (AvgIpc) is 2.23. The van der Waals surface area contributed by atoms with Gasteiger partial charge in [0.1, 0.15) is 0 Å². The first kappa shape index (κ1) is 13.4. The third kappa shape index (κ3) is 4.04. The van der Waals surface area contributed by atoms with Crippen molar-refractivity contribution < 1.29 is 19.1 Å². The van der Waals surface area contributed by atoms with Gasteiger partial charge in [-0.3, -0.25) is 9.63 Å². The number of carbonyl (C=O) groups is 1. The minimum Gasteiger partial charge on any atom is -0.356 e. The maximum absolute atomic E-state index is 11.5. The molecule has 5 nitrogen and oxygen atoms in total. The number of hydrogen-bond donors (Lipinski definition) is 0. The lowest BCUT2D eigenvalue weighted by molar-refractivity contribution is -0.177. The van der Waals surface area contributed by atoms with Crippen molar-refractivity contribution in [1.82, 2.24) is 5.06 Å². The van der Waals surface area contributed by atoms with Crippen LogP contribution in [0, 0.1) is 5.92 Å². The first-order chi connectivity index (χ1) is 6.56. The molecule has 0 aromatic heterocycles. The molecule has 1 amide bonds. The number of carbonyl (C=O) groups excluding carboxylic acids is 1. The van der Waals surface area contributed by atoms with Crippen LogP contribution in [0.4, 0.5) is 0 Å². The highest BCUT2D eigenvalue weighted by atomic mass is 16.7. The SMILES string of the molecule is COC(CC(C)C(=O)N(C)OC)OC. The monoisotopic (exact) mass is 205 g/mol. The topological polar surface area (TPSA) is 48.0 Å². The maximum Gasteiger partial charge on any atom is 0.248 e. The molecule has 84 valence electrons. The molecule has 0 radical (unpaired) electrons. The van der Waals surface area contributed by atoms with E-state index in [2.05, 4.69) is 0 Å². The molecule has 0 rings (SSSR count). The van der Waals surface area contributed by atoms with Crippen molar-refractivity contribution in [3.8, 4) is 0 Å². The zero-order valence-corrected chi connectivity index (χ0v) is 9.44. The molecule has 0 aromatic carbocycles. The summed E-state index contributed by atoms with van der Waals surface area (Å²) in [5, 5.41) is 1.20. The fraction of sp³-hybridized carbons (Fsp3) is 0.889. The van der Waals surface area contributed by atoms with Gasteiger partial charge >= 0.3 is 0 Å². The highest BCUT2D eigenvalue weighted by Gasteiger charge is 2.21. The zero-order valence-electron chi connectivity index (χ0n) is 9.44. The van der Waals surface area contributed by atoms with Crippen molar-refractivity contribution in [3.05, 3.63) is 0 Å². The number of rotatable bonds is 6. The molecule has 0 saturated heterocycles. The van der Waals surface area contributed by atoms with E-state index in [0.717, 1.165) is 0 Å². The molecule has 0 bridgehead atoms. The maximum atomic E-state index is 11.5. The summed E-state index contributed by atoms with van der Waals surface area (Å²) in [7, 11) is 6.12. The van der Waals surface area contributed by atoms with Crippen molar-refractivity contribution >= 4 is 5.91 Å². The van der Waals surface area contributed by atoms with Crippen LogP contribution >= 0.6 is 0 Å². The van der Waals surface area contributed by atoms with Gasteiger partial charge in [-0.1, -0.05) is 6.92 Å². The van der Waals surface area contributed by atoms with Gasteiger partial charge in [0.05, 0.1) is 7.11 Å². The lowest BCUT2D eigenvalue weighted by atomic mass is 10.1. The van der Waals surface area contributed by atoms with Crippen molar-refractivity contribution in [2.24, 2.45) is 5.92 Å².